The predicted octanol–water partition coefficient (Wildman–Crippen LogP) is -0.983. The molecule has 4 N–H and O–H groups in total. The molecule has 0 bridgehead atoms. The van der Waals surface area contributed by atoms with E-state index in [9.17, 15) is 0 Å². The van der Waals surface area contributed by atoms with E-state index in [2.05, 4.69) is 0 Å². The molecule has 0 aromatic heterocycles. The average Bonchev–Trinajstić information content (AvgIpc) is 0.811. The summed E-state index contributed by atoms with van der Waals surface area (Å²) >= 11 is 0. The normalized spacial score (nSPS) is 4.00. The van der Waals surface area contributed by atoms with Crippen molar-refractivity contribution < 1.29 is 20.5 Å². The molecule has 0 heterocycles. The zero-order chi connectivity index (χ0) is 3.58. The van der Waals surface area contributed by atoms with Crippen LogP contribution in [0, 0.1) is 0 Å². The second-order valence-electron chi connectivity index (χ2n) is 0.283. The Morgan fingerprint density at radius 2 is 1.33 bits per heavy atom. The van der Waals surface area contributed by atoms with Crippen LogP contribution < -0.4 is 0 Å². The fraction of sp³-hybridized carbons (Fsp3) is 0. The Hall–Kier alpha value is -0.00377. The second-order valence-corrected chi connectivity index (χ2v) is 0.283. The van der Waals surface area contributed by atoms with Gasteiger partial charge in [0.15, 0.2) is 0 Å². The van der Waals surface area contributed by atoms with Crippen LogP contribution in [0.4, 0.5) is 4.79 Å². The first kappa shape index (κ1) is 16.7. The van der Waals surface area contributed by atoms with Crippen molar-refractivity contribution in [3.05, 3.63) is 0 Å². The minimum absolute atomic E-state index is 0. The van der Waals surface area contributed by atoms with Gasteiger partial charge in [-0.3, -0.25) is 0 Å². The maximum Gasteiger partial charge on any atom is 2.00 e. The zero-order valence-corrected chi connectivity index (χ0v) is 4.42. The first-order valence-corrected chi connectivity index (χ1v) is 0.651. The summed E-state index contributed by atoms with van der Waals surface area (Å²) in [6, 6.07) is 0. The topological polar surface area (TPSA) is 89.0 Å². The summed E-state index contributed by atoms with van der Waals surface area (Å²) in [7, 11) is 0. The Morgan fingerprint density at radius 3 is 1.33 bits per heavy atom. The zero-order valence-electron chi connectivity index (χ0n) is 3.01. The van der Waals surface area contributed by atoms with Crippen LogP contribution in [0.3, 0.4) is 0 Å². The predicted molar refractivity (Wildman–Crippen MR) is 20.0 cm³/mol. The van der Waals surface area contributed by atoms with Gasteiger partial charge in [0.2, 0.25) is 0 Å². The van der Waals surface area contributed by atoms with Gasteiger partial charge >= 0.3 is 29.2 Å². The van der Waals surface area contributed by atoms with E-state index in [4.69, 9.17) is 15.0 Å². The summed E-state index contributed by atoms with van der Waals surface area (Å²) in [6.07, 6.45) is -1.83. The van der Waals surface area contributed by atoms with Crippen molar-refractivity contribution >= 4 is 29.2 Å². The second kappa shape index (κ2) is 8.89. The molecule has 0 spiro atoms. The first-order chi connectivity index (χ1) is 1.73. The molecule has 0 aliphatic carbocycles. The van der Waals surface area contributed by atoms with Crippen LogP contribution in [0.2, 0.25) is 0 Å². The van der Waals surface area contributed by atoms with Gasteiger partial charge in [-0.1, -0.05) is 0 Å². The average molecular weight is 104 g/mol. The Labute approximate surface area is 50.2 Å². The van der Waals surface area contributed by atoms with Crippen LogP contribution in [0.25, 0.3) is 0 Å². The van der Waals surface area contributed by atoms with Crippen LogP contribution in [-0.2, 0) is 0 Å². The van der Waals surface area contributed by atoms with Crippen molar-refractivity contribution in [2.24, 2.45) is 0 Å². The standard InChI is InChI=1S/CH2O3.Mg.H2O/c2-1(3)4;;/h(H2,2,3,4);;1H2/q;+2;. The molecule has 0 amide bonds. The molecule has 6 heavy (non-hydrogen) atoms. The molecule has 0 aliphatic rings. The summed E-state index contributed by atoms with van der Waals surface area (Å²) < 4.78 is 0. The van der Waals surface area contributed by atoms with Crippen LogP contribution >= 0.6 is 0 Å². The SMILES string of the molecule is O.O=C(O)O.[Mg+2]. The van der Waals surface area contributed by atoms with Gasteiger partial charge in [-0.05, 0) is 0 Å². The third-order valence-electron chi connectivity index (χ3n) is 0. The molecule has 0 rings (SSSR count). The van der Waals surface area contributed by atoms with E-state index in [0.717, 1.165) is 0 Å². The Kier molecular flexibility index (Phi) is 24.7. The van der Waals surface area contributed by atoms with E-state index in [1.165, 1.54) is 0 Å². The van der Waals surface area contributed by atoms with Crippen LogP contribution in [-0.4, -0.2) is 44.9 Å². The molecule has 0 aromatic rings. The largest absolute Gasteiger partial charge is 2.00 e. The van der Waals surface area contributed by atoms with E-state index < -0.39 is 6.16 Å². The molecule has 0 aromatic carbocycles. The number of carboxylic acid groups (broad SMARTS) is 2. The molecule has 0 saturated carbocycles. The van der Waals surface area contributed by atoms with Gasteiger partial charge in [0.1, 0.15) is 0 Å². The fourth-order valence-electron chi connectivity index (χ4n) is 0. The fourth-order valence-corrected chi connectivity index (χ4v) is 0. The molecule has 4 nitrogen and oxygen atoms in total. The quantitative estimate of drug-likeness (QED) is 0.387. The summed E-state index contributed by atoms with van der Waals surface area (Å²) in [4.78, 5) is 8.56. The number of hydrogen-bond acceptors (Lipinski definition) is 1. The molecular weight excluding hydrogens is 100 g/mol. The number of hydrogen-bond donors (Lipinski definition) is 2. The summed E-state index contributed by atoms with van der Waals surface area (Å²) in [5.41, 5.74) is 0. The van der Waals surface area contributed by atoms with E-state index >= 15 is 0 Å². The molecule has 32 valence electrons. The van der Waals surface area contributed by atoms with Crippen molar-refractivity contribution in [2.45, 2.75) is 0 Å². The third kappa shape index (κ3) is 2530000. The Bertz CT molecular complexity index is 30.5. The minimum atomic E-state index is -1.83. The summed E-state index contributed by atoms with van der Waals surface area (Å²) in [5, 5.41) is 13.9. The van der Waals surface area contributed by atoms with Gasteiger partial charge in [0.05, 0.1) is 0 Å². The van der Waals surface area contributed by atoms with Gasteiger partial charge in [0.25, 0.3) is 0 Å². The van der Waals surface area contributed by atoms with Crippen molar-refractivity contribution in [3.8, 4) is 0 Å². The number of carbonyl (C=O) groups is 1. The molecule has 0 saturated heterocycles. The number of rotatable bonds is 0. The Morgan fingerprint density at radius 1 is 1.33 bits per heavy atom. The monoisotopic (exact) mass is 104 g/mol. The van der Waals surface area contributed by atoms with Crippen LogP contribution in [0.5, 0.6) is 0 Å². The van der Waals surface area contributed by atoms with Crippen LogP contribution in [0.1, 0.15) is 0 Å². The van der Waals surface area contributed by atoms with E-state index in [1.807, 2.05) is 0 Å². The van der Waals surface area contributed by atoms with Crippen molar-refractivity contribution in [3.63, 3.8) is 0 Å². The van der Waals surface area contributed by atoms with Crippen molar-refractivity contribution in [2.75, 3.05) is 0 Å². The molecule has 0 unspecified atom stereocenters. The molecule has 0 radical (unpaired) electrons. The third-order valence-corrected chi connectivity index (χ3v) is 0. The van der Waals surface area contributed by atoms with Gasteiger partial charge in [-0.15, -0.1) is 0 Å². The first-order valence-electron chi connectivity index (χ1n) is 0.651. The summed E-state index contributed by atoms with van der Waals surface area (Å²) in [6.45, 7) is 0. The smallest absolute Gasteiger partial charge is 0.450 e. The van der Waals surface area contributed by atoms with Gasteiger partial charge in [0, 0.05) is 0 Å². The van der Waals surface area contributed by atoms with Crippen molar-refractivity contribution in [1.29, 1.82) is 0 Å². The maximum absolute atomic E-state index is 8.56. The molecule has 0 fully saturated rings. The minimum Gasteiger partial charge on any atom is -0.450 e. The van der Waals surface area contributed by atoms with E-state index in [0.29, 0.717) is 0 Å². The summed E-state index contributed by atoms with van der Waals surface area (Å²) in [5.74, 6) is 0. The van der Waals surface area contributed by atoms with Gasteiger partial charge in [-0.25, -0.2) is 4.79 Å². The maximum atomic E-state index is 8.56. The van der Waals surface area contributed by atoms with Crippen molar-refractivity contribution in [1.82, 2.24) is 0 Å². The molecular formula is CH4MgO4+2. The van der Waals surface area contributed by atoms with E-state index in [1.54, 1.807) is 0 Å². The Balaban J connectivity index is -0.0000000450. The van der Waals surface area contributed by atoms with Gasteiger partial charge < -0.3 is 15.7 Å². The molecule has 0 aliphatic heterocycles. The van der Waals surface area contributed by atoms with Crippen LogP contribution in [0.15, 0.2) is 0 Å². The van der Waals surface area contributed by atoms with Gasteiger partial charge in [-0.2, -0.15) is 0 Å². The van der Waals surface area contributed by atoms with E-state index in [-0.39, 0.29) is 28.5 Å². The molecule has 5 heteroatoms. The molecule has 0 atom stereocenters.